The third-order valence-corrected chi connectivity index (χ3v) is 3.23. The Morgan fingerprint density at radius 1 is 1.15 bits per heavy atom. The first-order chi connectivity index (χ1) is 9.60. The Labute approximate surface area is 119 Å². The molecule has 1 amide bonds. The van der Waals surface area contributed by atoms with E-state index in [2.05, 4.69) is 0 Å². The fourth-order valence-corrected chi connectivity index (χ4v) is 2.14. The van der Waals surface area contributed by atoms with Crippen molar-refractivity contribution in [2.45, 2.75) is 20.3 Å². The van der Waals surface area contributed by atoms with E-state index in [1.54, 1.807) is 23.1 Å². The maximum atomic E-state index is 12.4. The lowest BCUT2D eigenvalue weighted by Crippen LogP contribution is -2.31. The highest BCUT2D eigenvalue weighted by Crippen LogP contribution is 2.20. The van der Waals surface area contributed by atoms with Gasteiger partial charge in [-0.05, 0) is 31.5 Å². The van der Waals surface area contributed by atoms with Gasteiger partial charge in [0.1, 0.15) is 5.75 Å². The zero-order valence-corrected chi connectivity index (χ0v) is 11.8. The van der Waals surface area contributed by atoms with Crippen LogP contribution in [0, 0.1) is 6.92 Å². The molecule has 3 nitrogen and oxygen atoms in total. The quantitative estimate of drug-likeness (QED) is 0.925. The average molecular weight is 269 g/mol. The lowest BCUT2D eigenvalue weighted by Gasteiger charge is -2.21. The number of benzene rings is 2. The van der Waals surface area contributed by atoms with Crippen molar-refractivity contribution in [2.24, 2.45) is 0 Å². The van der Waals surface area contributed by atoms with E-state index >= 15 is 0 Å². The second-order valence-electron chi connectivity index (χ2n) is 4.82. The molecule has 0 atom stereocenters. The summed E-state index contributed by atoms with van der Waals surface area (Å²) in [6, 6.07) is 14.7. The lowest BCUT2D eigenvalue weighted by molar-refractivity contribution is -0.117. The van der Waals surface area contributed by atoms with Gasteiger partial charge in [-0.15, -0.1) is 0 Å². The number of hydrogen-bond acceptors (Lipinski definition) is 2. The summed E-state index contributed by atoms with van der Waals surface area (Å²) in [5.41, 5.74) is 2.91. The molecule has 0 saturated heterocycles. The molecule has 104 valence electrons. The highest BCUT2D eigenvalue weighted by Gasteiger charge is 2.14. The minimum atomic E-state index is 0.0296. The van der Waals surface area contributed by atoms with Crippen molar-refractivity contribution < 1.29 is 9.90 Å². The molecule has 2 aromatic rings. The molecule has 2 rings (SSSR count). The molecule has 1 N–H and O–H groups in total. The van der Waals surface area contributed by atoms with Crippen LogP contribution >= 0.6 is 0 Å². The summed E-state index contributed by atoms with van der Waals surface area (Å²) in [5.74, 6) is 0.200. The van der Waals surface area contributed by atoms with Gasteiger partial charge in [-0.25, -0.2) is 0 Å². The molecule has 0 aliphatic carbocycles. The van der Waals surface area contributed by atoms with Gasteiger partial charge in [-0.3, -0.25) is 4.79 Å². The molecular weight excluding hydrogens is 250 g/mol. The van der Waals surface area contributed by atoms with Crippen LogP contribution in [0.5, 0.6) is 5.75 Å². The second kappa shape index (κ2) is 6.24. The molecule has 0 bridgehead atoms. The largest absolute Gasteiger partial charge is 0.508 e. The topological polar surface area (TPSA) is 40.5 Å². The van der Waals surface area contributed by atoms with Gasteiger partial charge in [0, 0.05) is 18.3 Å². The lowest BCUT2D eigenvalue weighted by atomic mass is 10.1. The summed E-state index contributed by atoms with van der Waals surface area (Å²) in [4.78, 5) is 14.1. The monoisotopic (exact) mass is 269 g/mol. The summed E-state index contributed by atoms with van der Waals surface area (Å²) in [6.45, 7) is 4.53. The Bertz CT molecular complexity index is 590. The van der Waals surface area contributed by atoms with E-state index in [9.17, 15) is 9.90 Å². The van der Waals surface area contributed by atoms with Gasteiger partial charge in [-0.1, -0.05) is 35.9 Å². The summed E-state index contributed by atoms with van der Waals surface area (Å²) < 4.78 is 0. The van der Waals surface area contributed by atoms with Crippen LogP contribution in [0.3, 0.4) is 0 Å². The molecule has 0 heterocycles. The van der Waals surface area contributed by atoms with Crippen molar-refractivity contribution in [1.82, 2.24) is 0 Å². The Kier molecular flexibility index (Phi) is 4.41. The van der Waals surface area contributed by atoms with E-state index in [4.69, 9.17) is 0 Å². The van der Waals surface area contributed by atoms with E-state index in [-0.39, 0.29) is 11.7 Å². The zero-order valence-electron chi connectivity index (χ0n) is 11.8. The summed E-state index contributed by atoms with van der Waals surface area (Å²) in [5, 5.41) is 9.52. The van der Waals surface area contributed by atoms with Crippen LogP contribution in [-0.2, 0) is 11.2 Å². The molecule has 2 aromatic carbocycles. The van der Waals surface area contributed by atoms with Gasteiger partial charge in [0.05, 0.1) is 6.42 Å². The van der Waals surface area contributed by atoms with Crippen LogP contribution in [0.15, 0.2) is 48.5 Å². The number of carbonyl (C=O) groups is 1. The number of phenols is 1. The number of aromatic hydroxyl groups is 1. The van der Waals surface area contributed by atoms with E-state index in [1.165, 1.54) is 5.56 Å². The van der Waals surface area contributed by atoms with Crippen LogP contribution in [0.25, 0.3) is 0 Å². The maximum Gasteiger partial charge on any atom is 0.231 e. The summed E-state index contributed by atoms with van der Waals surface area (Å²) in [6.07, 6.45) is 0.365. The van der Waals surface area contributed by atoms with Crippen molar-refractivity contribution in [3.8, 4) is 5.75 Å². The van der Waals surface area contributed by atoms with Crippen molar-refractivity contribution in [3.05, 3.63) is 59.7 Å². The standard InChI is InChI=1S/C17H19NO2/c1-3-18(15-5-4-6-16(19)12-15)17(20)11-14-9-7-13(2)8-10-14/h4-10,12,19H,3,11H2,1-2H3. The predicted octanol–water partition coefficient (Wildman–Crippen LogP) is 3.30. The fourth-order valence-electron chi connectivity index (χ4n) is 2.14. The molecule has 0 aromatic heterocycles. The summed E-state index contributed by atoms with van der Waals surface area (Å²) in [7, 11) is 0. The first-order valence-electron chi connectivity index (χ1n) is 6.75. The zero-order chi connectivity index (χ0) is 14.5. The van der Waals surface area contributed by atoms with Gasteiger partial charge in [0.25, 0.3) is 0 Å². The van der Waals surface area contributed by atoms with Gasteiger partial charge in [0.15, 0.2) is 0 Å². The van der Waals surface area contributed by atoms with Crippen LogP contribution in [0.2, 0.25) is 0 Å². The van der Waals surface area contributed by atoms with Gasteiger partial charge >= 0.3 is 0 Å². The number of aryl methyl sites for hydroxylation is 1. The van der Waals surface area contributed by atoms with E-state index in [0.717, 1.165) is 11.3 Å². The van der Waals surface area contributed by atoms with Crippen LogP contribution in [0.4, 0.5) is 5.69 Å². The Balaban J connectivity index is 2.15. The molecule has 0 aliphatic heterocycles. The normalized spacial score (nSPS) is 10.3. The van der Waals surface area contributed by atoms with Crippen molar-refractivity contribution >= 4 is 11.6 Å². The smallest absolute Gasteiger partial charge is 0.231 e. The van der Waals surface area contributed by atoms with Gasteiger partial charge in [-0.2, -0.15) is 0 Å². The number of phenolic OH excluding ortho intramolecular Hbond substituents is 1. The molecule has 0 aliphatic rings. The molecule has 3 heteroatoms. The number of likely N-dealkylation sites (N-methyl/N-ethyl adjacent to an activating group) is 1. The van der Waals surface area contributed by atoms with Crippen LogP contribution in [-0.4, -0.2) is 17.6 Å². The van der Waals surface area contributed by atoms with E-state index in [0.29, 0.717) is 13.0 Å². The number of amides is 1. The third kappa shape index (κ3) is 3.38. The third-order valence-electron chi connectivity index (χ3n) is 3.23. The highest BCUT2D eigenvalue weighted by atomic mass is 16.3. The Hall–Kier alpha value is -2.29. The number of carbonyl (C=O) groups excluding carboxylic acids is 1. The van der Waals surface area contributed by atoms with Gasteiger partial charge < -0.3 is 10.0 Å². The molecule has 0 fully saturated rings. The molecular formula is C17H19NO2. The van der Waals surface area contributed by atoms with Crippen molar-refractivity contribution in [2.75, 3.05) is 11.4 Å². The molecule has 0 spiro atoms. The maximum absolute atomic E-state index is 12.4. The molecule has 0 radical (unpaired) electrons. The minimum absolute atomic E-state index is 0.0296. The molecule has 0 saturated carbocycles. The Morgan fingerprint density at radius 3 is 2.45 bits per heavy atom. The van der Waals surface area contributed by atoms with Crippen LogP contribution in [0.1, 0.15) is 18.1 Å². The second-order valence-corrected chi connectivity index (χ2v) is 4.82. The van der Waals surface area contributed by atoms with Crippen molar-refractivity contribution in [1.29, 1.82) is 0 Å². The number of anilines is 1. The predicted molar refractivity (Wildman–Crippen MR) is 81.0 cm³/mol. The van der Waals surface area contributed by atoms with E-state index < -0.39 is 0 Å². The van der Waals surface area contributed by atoms with Gasteiger partial charge in [0.2, 0.25) is 5.91 Å². The highest BCUT2D eigenvalue weighted by molar-refractivity contribution is 5.94. The number of rotatable bonds is 4. The first kappa shape index (κ1) is 14.1. The molecule has 0 unspecified atom stereocenters. The number of nitrogens with zero attached hydrogens (tertiary/aromatic N) is 1. The van der Waals surface area contributed by atoms with Crippen LogP contribution < -0.4 is 4.90 Å². The first-order valence-corrected chi connectivity index (χ1v) is 6.75. The van der Waals surface area contributed by atoms with Crippen molar-refractivity contribution in [3.63, 3.8) is 0 Å². The number of hydrogen-bond donors (Lipinski definition) is 1. The minimum Gasteiger partial charge on any atom is -0.508 e. The SMILES string of the molecule is CCN(C(=O)Cc1ccc(C)cc1)c1cccc(O)c1. The van der Waals surface area contributed by atoms with E-state index in [1.807, 2.05) is 44.2 Å². The fraction of sp³-hybridized carbons (Fsp3) is 0.235. The summed E-state index contributed by atoms with van der Waals surface area (Å²) >= 11 is 0. The Morgan fingerprint density at radius 2 is 1.85 bits per heavy atom. The molecule has 20 heavy (non-hydrogen) atoms. The average Bonchev–Trinajstić information content (AvgIpc) is 2.42.